The summed E-state index contributed by atoms with van der Waals surface area (Å²) < 4.78 is 16.1. The maximum absolute atomic E-state index is 13.3. The molecule has 2 aromatic carbocycles. The van der Waals surface area contributed by atoms with Crippen LogP contribution in [0.25, 0.3) is 0 Å². The van der Waals surface area contributed by atoms with Crippen LogP contribution < -0.4 is 14.2 Å². The van der Waals surface area contributed by atoms with E-state index in [2.05, 4.69) is 0 Å². The topological polar surface area (TPSA) is 68.3 Å². The highest BCUT2D eigenvalue weighted by Crippen LogP contribution is 2.38. The first kappa shape index (κ1) is 23.4. The van der Waals surface area contributed by atoms with Crippen LogP contribution in [0.3, 0.4) is 0 Å². The quantitative estimate of drug-likeness (QED) is 0.626. The van der Waals surface area contributed by atoms with Crippen molar-refractivity contribution in [2.75, 3.05) is 41.0 Å². The lowest BCUT2D eigenvalue weighted by atomic mass is 9.92. The van der Waals surface area contributed by atoms with E-state index in [1.165, 1.54) is 0 Å². The van der Waals surface area contributed by atoms with Crippen LogP contribution in [0.4, 0.5) is 0 Å². The number of carbonyl (C=O) groups is 2. The minimum Gasteiger partial charge on any atom is -0.497 e. The summed E-state index contributed by atoms with van der Waals surface area (Å²) in [6, 6.07) is 10.8. The van der Waals surface area contributed by atoms with Crippen molar-refractivity contribution in [3.05, 3.63) is 53.1 Å². The molecule has 0 N–H and O–H groups in total. The average molecular weight is 441 g/mol. The summed E-state index contributed by atoms with van der Waals surface area (Å²) in [6.45, 7) is 5.14. The van der Waals surface area contributed by atoms with Gasteiger partial charge in [-0.1, -0.05) is 13.0 Å². The SMILES string of the molecule is CCCN(CC(=O)N1CCc2cc(OC)c(OC)cc2C1C)C(=O)c1cccc(OC)c1. The molecule has 1 aliphatic heterocycles. The van der Waals surface area contributed by atoms with Crippen molar-refractivity contribution in [2.24, 2.45) is 0 Å². The number of carbonyl (C=O) groups excluding carboxylic acids is 2. The lowest BCUT2D eigenvalue weighted by molar-refractivity contribution is -0.134. The summed E-state index contributed by atoms with van der Waals surface area (Å²) in [6.07, 6.45) is 1.49. The largest absolute Gasteiger partial charge is 0.497 e. The zero-order chi connectivity index (χ0) is 23.3. The number of ether oxygens (including phenoxy) is 3. The van der Waals surface area contributed by atoms with Crippen molar-refractivity contribution in [2.45, 2.75) is 32.7 Å². The molecule has 0 aliphatic carbocycles. The van der Waals surface area contributed by atoms with Gasteiger partial charge in [-0.05, 0) is 61.2 Å². The van der Waals surface area contributed by atoms with Crippen LogP contribution in [-0.2, 0) is 11.2 Å². The molecule has 0 aromatic heterocycles. The number of rotatable bonds is 8. The van der Waals surface area contributed by atoms with E-state index in [0.29, 0.717) is 35.9 Å². The molecule has 2 amide bonds. The Hall–Kier alpha value is -3.22. The van der Waals surface area contributed by atoms with E-state index in [9.17, 15) is 9.59 Å². The predicted octanol–water partition coefficient (Wildman–Crippen LogP) is 3.71. The molecule has 32 heavy (non-hydrogen) atoms. The van der Waals surface area contributed by atoms with Crippen molar-refractivity contribution in [1.29, 1.82) is 0 Å². The Kier molecular flexibility index (Phi) is 7.62. The summed E-state index contributed by atoms with van der Waals surface area (Å²) in [5.74, 6) is 1.71. The molecule has 0 spiro atoms. The van der Waals surface area contributed by atoms with Gasteiger partial charge >= 0.3 is 0 Å². The Labute approximate surface area is 189 Å². The molecular formula is C25H32N2O5. The maximum atomic E-state index is 13.3. The minimum absolute atomic E-state index is 0.0385. The molecule has 1 heterocycles. The van der Waals surface area contributed by atoms with Gasteiger partial charge in [0.25, 0.3) is 5.91 Å². The fraction of sp³-hybridized carbons (Fsp3) is 0.440. The van der Waals surface area contributed by atoms with Gasteiger partial charge in [0, 0.05) is 18.7 Å². The summed E-state index contributed by atoms with van der Waals surface area (Å²) in [7, 11) is 4.79. The summed E-state index contributed by atoms with van der Waals surface area (Å²) >= 11 is 0. The Morgan fingerprint density at radius 3 is 2.44 bits per heavy atom. The van der Waals surface area contributed by atoms with Crippen LogP contribution in [0.5, 0.6) is 17.2 Å². The number of benzene rings is 2. The minimum atomic E-state index is -0.171. The van der Waals surface area contributed by atoms with Crippen molar-refractivity contribution in [3.63, 3.8) is 0 Å². The normalized spacial score (nSPS) is 15.0. The highest BCUT2D eigenvalue weighted by atomic mass is 16.5. The second kappa shape index (κ2) is 10.4. The fourth-order valence-electron chi connectivity index (χ4n) is 4.20. The van der Waals surface area contributed by atoms with Gasteiger partial charge in [-0.3, -0.25) is 9.59 Å². The van der Waals surface area contributed by atoms with E-state index >= 15 is 0 Å². The van der Waals surface area contributed by atoms with E-state index in [-0.39, 0.29) is 24.4 Å². The molecule has 7 heteroatoms. The van der Waals surface area contributed by atoms with E-state index in [4.69, 9.17) is 14.2 Å². The summed E-state index contributed by atoms with van der Waals surface area (Å²) in [5, 5.41) is 0. The van der Waals surface area contributed by atoms with Crippen molar-refractivity contribution in [3.8, 4) is 17.2 Å². The van der Waals surface area contributed by atoms with Crippen molar-refractivity contribution < 1.29 is 23.8 Å². The van der Waals surface area contributed by atoms with Gasteiger partial charge in [-0.25, -0.2) is 0 Å². The zero-order valence-corrected chi connectivity index (χ0v) is 19.5. The van der Waals surface area contributed by atoms with E-state index in [0.717, 1.165) is 24.0 Å². The van der Waals surface area contributed by atoms with Gasteiger partial charge < -0.3 is 24.0 Å². The molecule has 0 saturated carbocycles. The number of fused-ring (bicyclic) bond motifs is 1. The number of amides is 2. The molecule has 2 aromatic rings. The predicted molar refractivity (Wildman–Crippen MR) is 123 cm³/mol. The van der Waals surface area contributed by atoms with Gasteiger partial charge in [0.15, 0.2) is 11.5 Å². The Morgan fingerprint density at radius 1 is 1.06 bits per heavy atom. The molecule has 1 atom stereocenters. The Balaban J connectivity index is 1.79. The maximum Gasteiger partial charge on any atom is 0.254 e. The highest BCUT2D eigenvalue weighted by Gasteiger charge is 2.31. The first-order chi connectivity index (χ1) is 15.4. The third-order valence-corrected chi connectivity index (χ3v) is 5.93. The van der Waals surface area contributed by atoms with Crippen LogP contribution in [0.2, 0.25) is 0 Å². The van der Waals surface area contributed by atoms with Crippen LogP contribution in [0, 0.1) is 0 Å². The molecule has 7 nitrogen and oxygen atoms in total. The first-order valence-corrected chi connectivity index (χ1v) is 10.9. The number of hydrogen-bond donors (Lipinski definition) is 0. The molecule has 1 unspecified atom stereocenters. The van der Waals surface area contributed by atoms with E-state index < -0.39 is 0 Å². The Bertz CT molecular complexity index is 975. The molecule has 3 rings (SSSR count). The average Bonchev–Trinajstić information content (AvgIpc) is 2.82. The summed E-state index contributed by atoms with van der Waals surface area (Å²) in [5.41, 5.74) is 2.71. The summed E-state index contributed by atoms with van der Waals surface area (Å²) in [4.78, 5) is 29.9. The molecular weight excluding hydrogens is 408 g/mol. The smallest absolute Gasteiger partial charge is 0.254 e. The number of hydrogen-bond acceptors (Lipinski definition) is 5. The third kappa shape index (κ3) is 4.82. The molecule has 0 radical (unpaired) electrons. The Morgan fingerprint density at radius 2 is 1.78 bits per heavy atom. The molecule has 172 valence electrons. The van der Waals surface area contributed by atoms with Gasteiger partial charge in [0.2, 0.25) is 5.91 Å². The molecule has 0 fully saturated rings. The third-order valence-electron chi connectivity index (χ3n) is 5.93. The van der Waals surface area contributed by atoms with E-state index in [1.54, 1.807) is 50.5 Å². The van der Waals surface area contributed by atoms with Crippen LogP contribution >= 0.6 is 0 Å². The fourth-order valence-corrected chi connectivity index (χ4v) is 4.20. The second-order valence-electron chi connectivity index (χ2n) is 7.88. The molecule has 0 bridgehead atoms. The lowest BCUT2D eigenvalue weighted by Crippen LogP contribution is -2.46. The van der Waals surface area contributed by atoms with Gasteiger partial charge in [0.1, 0.15) is 12.3 Å². The number of nitrogens with zero attached hydrogens (tertiary/aromatic N) is 2. The van der Waals surface area contributed by atoms with Gasteiger partial charge in [-0.15, -0.1) is 0 Å². The van der Waals surface area contributed by atoms with Crippen molar-refractivity contribution >= 4 is 11.8 Å². The van der Waals surface area contributed by atoms with Crippen LogP contribution in [0.1, 0.15) is 47.8 Å². The van der Waals surface area contributed by atoms with Gasteiger partial charge in [-0.2, -0.15) is 0 Å². The van der Waals surface area contributed by atoms with Crippen LogP contribution in [-0.4, -0.2) is 62.6 Å². The second-order valence-corrected chi connectivity index (χ2v) is 7.88. The molecule has 0 saturated heterocycles. The van der Waals surface area contributed by atoms with Crippen LogP contribution in [0.15, 0.2) is 36.4 Å². The van der Waals surface area contributed by atoms with E-state index in [1.807, 2.05) is 30.9 Å². The molecule has 1 aliphatic rings. The van der Waals surface area contributed by atoms with Gasteiger partial charge in [0.05, 0.1) is 27.4 Å². The lowest BCUT2D eigenvalue weighted by Gasteiger charge is -2.37. The monoisotopic (exact) mass is 440 g/mol. The first-order valence-electron chi connectivity index (χ1n) is 10.9. The number of methoxy groups -OCH3 is 3. The standard InChI is InChI=1S/C25H32N2O5/c1-6-11-26(25(29)19-8-7-9-20(13-19)30-3)16-24(28)27-12-10-18-14-22(31-4)23(32-5)15-21(18)17(27)2/h7-9,13-15,17H,6,10-12,16H2,1-5H3. The zero-order valence-electron chi connectivity index (χ0n) is 19.5. The van der Waals surface area contributed by atoms with Crippen molar-refractivity contribution in [1.82, 2.24) is 9.80 Å². The highest BCUT2D eigenvalue weighted by molar-refractivity contribution is 5.97.